The first-order valence-electron chi connectivity index (χ1n) is 12.9. The van der Waals surface area contributed by atoms with Crippen LogP contribution >= 0.6 is 11.8 Å². The van der Waals surface area contributed by atoms with Crippen LogP contribution in [-0.4, -0.2) is 49.1 Å². The third-order valence-corrected chi connectivity index (χ3v) is 7.64. The molecule has 0 bridgehead atoms. The lowest BCUT2D eigenvalue weighted by Gasteiger charge is -2.29. The summed E-state index contributed by atoms with van der Waals surface area (Å²) in [6.45, 7) is 1.80. The molecule has 218 valence electrons. The van der Waals surface area contributed by atoms with E-state index in [4.69, 9.17) is 24.0 Å². The zero-order chi connectivity index (χ0) is 29.8. The predicted octanol–water partition coefficient (Wildman–Crippen LogP) is 5.67. The number of aromatic nitrogens is 3. The number of thioether (sulfide) groups is 1. The molecule has 1 atom stereocenters. The zero-order valence-electron chi connectivity index (χ0n) is 23.7. The van der Waals surface area contributed by atoms with Gasteiger partial charge in [-0.05, 0) is 48.4 Å². The van der Waals surface area contributed by atoms with Crippen molar-refractivity contribution in [2.24, 2.45) is 0 Å². The number of anilines is 2. The monoisotopic (exact) mass is 591 g/mol. The Labute approximate surface area is 246 Å². The van der Waals surface area contributed by atoms with Gasteiger partial charge < -0.3 is 29.6 Å². The second-order valence-electron chi connectivity index (χ2n) is 9.22. The molecule has 0 saturated heterocycles. The molecule has 1 aliphatic heterocycles. The second-order valence-corrected chi connectivity index (χ2v) is 10.2. The standard InChI is InChI=1S/C30H30FN5O5S/c1-17-25(28(37)33-21-12-8-9-13-22(21)38-2)26(19-14-23(39-3)27(41-5)24(15-19)40-4)36-29(32-17)34-30(35-36)42-16-18-10-6-7-11-20(18)31/h6-15,26H,16H2,1-5H3,(H,33,37)(H,32,34,35). The number of fused-ring (bicyclic) bond motifs is 1. The fraction of sp³-hybridized carbons (Fsp3) is 0.233. The lowest BCUT2D eigenvalue weighted by atomic mass is 9.94. The number of carbonyl (C=O) groups is 1. The number of rotatable bonds is 10. The molecule has 12 heteroatoms. The van der Waals surface area contributed by atoms with Crippen LogP contribution < -0.4 is 29.6 Å². The van der Waals surface area contributed by atoms with Crippen molar-refractivity contribution in [1.82, 2.24) is 14.8 Å². The van der Waals surface area contributed by atoms with E-state index < -0.39 is 6.04 Å². The van der Waals surface area contributed by atoms with E-state index in [9.17, 15) is 9.18 Å². The number of benzene rings is 3. The Morgan fingerprint density at radius 2 is 1.64 bits per heavy atom. The van der Waals surface area contributed by atoms with Crippen LogP contribution in [0, 0.1) is 5.82 Å². The van der Waals surface area contributed by atoms with Gasteiger partial charge >= 0.3 is 0 Å². The molecule has 4 aromatic rings. The number of amides is 1. The van der Waals surface area contributed by atoms with Gasteiger partial charge in [0.1, 0.15) is 17.6 Å². The molecule has 0 fully saturated rings. The molecule has 0 spiro atoms. The maximum Gasteiger partial charge on any atom is 0.255 e. The zero-order valence-corrected chi connectivity index (χ0v) is 24.5. The smallest absolute Gasteiger partial charge is 0.255 e. The molecule has 42 heavy (non-hydrogen) atoms. The number of nitrogens with one attached hydrogen (secondary N) is 2. The summed E-state index contributed by atoms with van der Waals surface area (Å²) in [7, 11) is 6.12. The van der Waals surface area contributed by atoms with E-state index in [1.165, 1.54) is 39.2 Å². The molecule has 2 heterocycles. The van der Waals surface area contributed by atoms with Gasteiger partial charge in [-0.25, -0.2) is 9.07 Å². The van der Waals surface area contributed by atoms with Gasteiger partial charge in [-0.2, -0.15) is 4.98 Å². The van der Waals surface area contributed by atoms with E-state index in [0.29, 0.717) is 67.9 Å². The predicted molar refractivity (Wildman–Crippen MR) is 158 cm³/mol. The molecule has 1 aliphatic rings. The summed E-state index contributed by atoms with van der Waals surface area (Å²) in [5, 5.41) is 11.4. The van der Waals surface area contributed by atoms with Gasteiger partial charge in [0.05, 0.1) is 39.7 Å². The maximum absolute atomic E-state index is 14.3. The van der Waals surface area contributed by atoms with Crippen molar-refractivity contribution >= 4 is 29.3 Å². The van der Waals surface area contributed by atoms with Gasteiger partial charge in [0, 0.05) is 11.4 Å². The van der Waals surface area contributed by atoms with Crippen LogP contribution in [0.1, 0.15) is 24.1 Å². The van der Waals surface area contributed by atoms with Gasteiger partial charge in [-0.3, -0.25) is 4.79 Å². The van der Waals surface area contributed by atoms with Crippen molar-refractivity contribution < 1.29 is 28.1 Å². The van der Waals surface area contributed by atoms with E-state index in [-0.39, 0.29) is 11.7 Å². The lowest BCUT2D eigenvalue weighted by Crippen LogP contribution is -2.31. The molecule has 0 radical (unpaired) electrons. The Kier molecular flexibility index (Phi) is 8.53. The minimum atomic E-state index is -0.736. The average molecular weight is 592 g/mol. The number of allylic oxidation sites excluding steroid dienone is 1. The minimum Gasteiger partial charge on any atom is -0.495 e. The van der Waals surface area contributed by atoms with Crippen molar-refractivity contribution in [2.75, 3.05) is 39.1 Å². The number of hydrogen-bond acceptors (Lipinski definition) is 9. The number of hydrogen-bond donors (Lipinski definition) is 2. The van der Waals surface area contributed by atoms with Crippen molar-refractivity contribution in [2.45, 2.75) is 23.9 Å². The van der Waals surface area contributed by atoms with Gasteiger partial charge in [-0.15, -0.1) is 5.10 Å². The van der Waals surface area contributed by atoms with E-state index in [2.05, 4.69) is 15.6 Å². The fourth-order valence-electron chi connectivity index (χ4n) is 4.75. The van der Waals surface area contributed by atoms with E-state index >= 15 is 0 Å². The Morgan fingerprint density at radius 3 is 2.31 bits per heavy atom. The first-order valence-corrected chi connectivity index (χ1v) is 13.9. The number of nitrogens with zero attached hydrogens (tertiary/aromatic N) is 3. The number of ether oxygens (including phenoxy) is 4. The first kappa shape index (κ1) is 28.8. The maximum atomic E-state index is 14.3. The first-order chi connectivity index (χ1) is 20.4. The summed E-state index contributed by atoms with van der Waals surface area (Å²) in [5.41, 5.74) is 2.66. The highest BCUT2D eigenvalue weighted by atomic mass is 32.2. The summed E-state index contributed by atoms with van der Waals surface area (Å²) < 4.78 is 38.1. The van der Waals surface area contributed by atoms with Crippen LogP contribution in [0.25, 0.3) is 0 Å². The third kappa shape index (κ3) is 5.57. The molecule has 0 aliphatic carbocycles. The second kappa shape index (κ2) is 12.4. The summed E-state index contributed by atoms with van der Waals surface area (Å²) >= 11 is 1.29. The van der Waals surface area contributed by atoms with Crippen LogP contribution in [-0.2, 0) is 10.5 Å². The Bertz CT molecular complexity index is 1630. The Hall–Kier alpha value is -4.71. The normalized spacial score (nSPS) is 14.1. The average Bonchev–Trinajstić information content (AvgIpc) is 3.41. The van der Waals surface area contributed by atoms with E-state index in [1.54, 1.807) is 61.2 Å². The highest BCUT2D eigenvalue weighted by Gasteiger charge is 2.36. The Morgan fingerprint density at radius 1 is 0.976 bits per heavy atom. The largest absolute Gasteiger partial charge is 0.495 e. The number of methoxy groups -OCH3 is 4. The van der Waals surface area contributed by atoms with Crippen LogP contribution in [0.3, 0.4) is 0 Å². The summed E-state index contributed by atoms with van der Waals surface area (Å²) in [4.78, 5) is 18.6. The van der Waals surface area contributed by atoms with Crippen LogP contribution in [0.2, 0.25) is 0 Å². The topological polar surface area (TPSA) is 109 Å². The SMILES string of the molecule is COc1ccccc1NC(=O)C1=C(C)Nc2nc(SCc3ccccc3F)nn2C1c1cc(OC)c(OC)c(OC)c1. The molecule has 2 N–H and O–H groups in total. The summed E-state index contributed by atoms with van der Waals surface area (Å²) in [6.07, 6.45) is 0. The number of para-hydroxylation sites is 2. The van der Waals surface area contributed by atoms with Crippen LogP contribution in [0.4, 0.5) is 16.0 Å². The molecular weight excluding hydrogens is 561 g/mol. The molecule has 0 saturated carbocycles. The quantitative estimate of drug-likeness (QED) is 0.226. The molecule has 3 aromatic carbocycles. The summed E-state index contributed by atoms with van der Waals surface area (Å²) in [6, 6.07) is 16.5. The molecule has 5 rings (SSSR count). The van der Waals surface area contributed by atoms with Crippen molar-refractivity contribution in [1.29, 1.82) is 0 Å². The van der Waals surface area contributed by atoms with E-state index in [1.807, 2.05) is 12.1 Å². The van der Waals surface area contributed by atoms with Crippen molar-refractivity contribution in [3.63, 3.8) is 0 Å². The van der Waals surface area contributed by atoms with Crippen molar-refractivity contribution in [3.05, 3.63) is 88.9 Å². The third-order valence-electron chi connectivity index (χ3n) is 6.75. The molecule has 1 unspecified atom stereocenters. The Balaban J connectivity index is 1.59. The number of carbonyl (C=O) groups excluding carboxylic acids is 1. The van der Waals surface area contributed by atoms with Crippen LogP contribution in [0.15, 0.2) is 77.1 Å². The van der Waals surface area contributed by atoms with Crippen molar-refractivity contribution in [3.8, 4) is 23.0 Å². The highest BCUT2D eigenvalue weighted by Crippen LogP contribution is 2.44. The fourth-order valence-corrected chi connectivity index (χ4v) is 5.56. The molecule has 1 aromatic heterocycles. The minimum absolute atomic E-state index is 0.296. The molecule has 1 amide bonds. The number of halogens is 1. The molecule has 10 nitrogen and oxygen atoms in total. The van der Waals surface area contributed by atoms with E-state index in [0.717, 1.165) is 0 Å². The highest BCUT2D eigenvalue weighted by molar-refractivity contribution is 7.98. The summed E-state index contributed by atoms with van der Waals surface area (Å²) in [5.74, 6) is 1.87. The molecular formula is C30H30FN5O5S. The van der Waals surface area contributed by atoms with Gasteiger partial charge in [0.15, 0.2) is 11.5 Å². The van der Waals surface area contributed by atoms with Gasteiger partial charge in [0.2, 0.25) is 16.9 Å². The van der Waals surface area contributed by atoms with Gasteiger partial charge in [0.25, 0.3) is 5.91 Å². The lowest BCUT2D eigenvalue weighted by molar-refractivity contribution is -0.113. The van der Waals surface area contributed by atoms with Gasteiger partial charge in [-0.1, -0.05) is 42.1 Å². The van der Waals surface area contributed by atoms with Crippen LogP contribution in [0.5, 0.6) is 23.0 Å².